The lowest BCUT2D eigenvalue weighted by Crippen LogP contribution is -2.44. The highest BCUT2D eigenvalue weighted by Gasteiger charge is 2.38. The molecule has 2 aromatic carbocycles. The second-order valence-corrected chi connectivity index (χ2v) is 10.6. The van der Waals surface area contributed by atoms with Gasteiger partial charge in [0, 0.05) is 54.7 Å². The van der Waals surface area contributed by atoms with Crippen LogP contribution in [0.4, 0.5) is 24.5 Å². The second-order valence-electron chi connectivity index (χ2n) is 10.2. The number of rotatable bonds is 5. The van der Waals surface area contributed by atoms with Gasteiger partial charge >= 0.3 is 12.1 Å². The third-order valence-electron chi connectivity index (χ3n) is 7.26. The average Bonchev–Trinajstić information content (AvgIpc) is 3.37. The Kier molecular flexibility index (Phi) is 9.46. The minimum absolute atomic E-state index is 0.241. The van der Waals surface area contributed by atoms with Crippen molar-refractivity contribution in [2.45, 2.75) is 20.0 Å². The maximum atomic E-state index is 12.0. The van der Waals surface area contributed by atoms with Crippen molar-refractivity contribution in [2.75, 3.05) is 43.4 Å². The van der Waals surface area contributed by atoms with E-state index in [1.54, 1.807) is 6.20 Å². The van der Waals surface area contributed by atoms with Crippen LogP contribution in [0.3, 0.4) is 0 Å². The average molecular weight is 614 g/mol. The number of carbonyl (C=O) groups excluding carboxylic acids is 1. The van der Waals surface area contributed by atoms with E-state index in [0.717, 1.165) is 76.4 Å². The Morgan fingerprint density at radius 2 is 1.67 bits per heavy atom. The first-order valence-electron chi connectivity index (χ1n) is 13.4. The third kappa shape index (κ3) is 7.18. The lowest BCUT2D eigenvalue weighted by atomic mass is 9.95. The van der Waals surface area contributed by atoms with Crippen molar-refractivity contribution >= 4 is 45.9 Å². The summed E-state index contributed by atoms with van der Waals surface area (Å²) >= 11 is 6.51. The number of alkyl halides is 3. The number of hydrogen-bond donors (Lipinski definition) is 3. The molecule has 5 rings (SSSR count). The summed E-state index contributed by atoms with van der Waals surface area (Å²) in [4.78, 5) is 33.9. The number of benzene rings is 2. The lowest BCUT2D eigenvalue weighted by Gasteiger charge is -2.34. The number of aromatic amines is 1. The maximum absolute atomic E-state index is 12.0. The number of aromatic nitrogens is 2. The quantitative estimate of drug-likeness (QED) is 0.217. The van der Waals surface area contributed by atoms with Crippen LogP contribution in [0.25, 0.3) is 33.4 Å². The largest absolute Gasteiger partial charge is 0.490 e. The summed E-state index contributed by atoms with van der Waals surface area (Å²) in [5.41, 5.74) is 8.71. The Morgan fingerprint density at radius 3 is 2.26 bits per heavy atom. The lowest BCUT2D eigenvalue weighted by molar-refractivity contribution is -0.192. The number of hydrogen-bond acceptors (Lipinski definition) is 5. The van der Waals surface area contributed by atoms with Crippen LogP contribution >= 0.6 is 11.6 Å². The van der Waals surface area contributed by atoms with Gasteiger partial charge in [0.2, 0.25) is 5.91 Å². The van der Waals surface area contributed by atoms with Crippen LogP contribution in [0.2, 0.25) is 5.02 Å². The monoisotopic (exact) mass is 613 g/mol. The smallest absolute Gasteiger partial charge is 0.475 e. The van der Waals surface area contributed by atoms with Gasteiger partial charge in [-0.3, -0.25) is 4.79 Å². The first-order valence-corrected chi connectivity index (χ1v) is 13.7. The number of anilines is 2. The Bertz CT molecular complexity index is 1660. The predicted molar refractivity (Wildman–Crippen MR) is 164 cm³/mol. The van der Waals surface area contributed by atoms with Gasteiger partial charge < -0.3 is 25.2 Å². The first-order chi connectivity index (χ1) is 20.3. The second kappa shape index (κ2) is 12.9. The topological polar surface area (TPSA) is 102 Å². The predicted octanol–water partition coefficient (Wildman–Crippen LogP) is 6.68. The summed E-state index contributed by atoms with van der Waals surface area (Å²) in [6.07, 6.45) is -2.12. The van der Waals surface area contributed by atoms with Crippen LogP contribution in [0.5, 0.6) is 0 Å². The summed E-state index contributed by atoms with van der Waals surface area (Å²) in [6.45, 7) is 11.7. The molecule has 0 saturated carbocycles. The maximum Gasteiger partial charge on any atom is 0.490 e. The Labute approximate surface area is 251 Å². The van der Waals surface area contributed by atoms with Crippen LogP contribution in [0.1, 0.15) is 11.1 Å². The van der Waals surface area contributed by atoms with Gasteiger partial charge in [0.15, 0.2) is 0 Å². The molecule has 1 fully saturated rings. The van der Waals surface area contributed by atoms with Crippen molar-refractivity contribution in [2.24, 2.45) is 0 Å². The molecule has 1 aliphatic rings. The number of nitrogens with zero attached hydrogens (tertiary/aromatic N) is 3. The van der Waals surface area contributed by atoms with E-state index in [1.807, 2.05) is 26.0 Å². The molecule has 0 unspecified atom stereocenters. The zero-order chi connectivity index (χ0) is 31.5. The van der Waals surface area contributed by atoms with Crippen LogP contribution in [-0.4, -0.2) is 71.3 Å². The van der Waals surface area contributed by atoms with Crippen LogP contribution < -0.4 is 10.2 Å². The molecule has 0 bridgehead atoms. The fourth-order valence-electron chi connectivity index (χ4n) is 4.79. The Morgan fingerprint density at radius 1 is 1.07 bits per heavy atom. The number of aliphatic carboxylic acids is 1. The number of halogens is 4. The molecule has 1 amide bonds. The zero-order valence-electron chi connectivity index (χ0n) is 23.8. The van der Waals surface area contributed by atoms with Crippen LogP contribution in [-0.2, 0) is 9.59 Å². The number of fused-ring (bicyclic) bond motifs is 1. The molecule has 2 aromatic heterocycles. The van der Waals surface area contributed by atoms with E-state index in [9.17, 15) is 18.0 Å². The molecule has 226 valence electrons. The molecule has 1 saturated heterocycles. The van der Waals surface area contributed by atoms with Crippen molar-refractivity contribution in [1.29, 1.82) is 0 Å². The van der Waals surface area contributed by atoms with Gasteiger partial charge in [-0.2, -0.15) is 13.2 Å². The molecule has 0 radical (unpaired) electrons. The number of piperazine rings is 1. The summed E-state index contributed by atoms with van der Waals surface area (Å²) < 4.78 is 31.7. The van der Waals surface area contributed by atoms with Crippen molar-refractivity contribution in [3.63, 3.8) is 0 Å². The van der Waals surface area contributed by atoms with E-state index < -0.39 is 12.1 Å². The highest BCUT2D eigenvalue weighted by atomic mass is 35.5. The van der Waals surface area contributed by atoms with Gasteiger partial charge in [-0.25, -0.2) is 9.78 Å². The normalized spacial score (nSPS) is 13.8. The highest BCUT2D eigenvalue weighted by Crippen LogP contribution is 2.42. The van der Waals surface area contributed by atoms with Gasteiger partial charge in [-0.15, -0.1) is 0 Å². The summed E-state index contributed by atoms with van der Waals surface area (Å²) in [5, 5.41) is 11.6. The van der Waals surface area contributed by atoms with E-state index >= 15 is 0 Å². The minimum Gasteiger partial charge on any atom is -0.475 e. The van der Waals surface area contributed by atoms with E-state index in [2.05, 4.69) is 69.0 Å². The number of carboxylic acid groups (broad SMARTS) is 1. The molecule has 0 atom stereocenters. The number of carboxylic acids is 1. The zero-order valence-corrected chi connectivity index (χ0v) is 24.6. The number of amides is 1. The molecular weight excluding hydrogens is 583 g/mol. The number of pyridine rings is 1. The van der Waals surface area contributed by atoms with Crippen molar-refractivity contribution in [3.8, 4) is 22.4 Å². The molecule has 3 N–H and O–H groups in total. The van der Waals surface area contributed by atoms with Crippen LogP contribution in [0, 0.1) is 13.8 Å². The molecule has 3 heterocycles. The Balaban J connectivity index is 0.000000541. The Hall–Kier alpha value is -4.35. The molecular formula is C31H31ClF3N5O3. The summed E-state index contributed by atoms with van der Waals surface area (Å²) in [5.74, 6) is -3.00. The molecule has 1 aliphatic heterocycles. The van der Waals surface area contributed by atoms with Gasteiger partial charge in [-0.1, -0.05) is 42.4 Å². The molecule has 4 aromatic rings. The van der Waals surface area contributed by atoms with Gasteiger partial charge in [0.1, 0.15) is 5.65 Å². The molecule has 43 heavy (non-hydrogen) atoms. The van der Waals surface area contributed by atoms with E-state index in [4.69, 9.17) is 21.5 Å². The van der Waals surface area contributed by atoms with E-state index in [1.165, 1.54) is 11.8 Å². The van der Waals surface area contributed by atoms with Gasteiger partial charge in [-0.05, 0) is 67.4 Å². The van der Waals surface area contributed by atoms with Crippen molar-refractivity contribution in [3.05, 3.63) is 77.5 Å². The molecule has 12 heteroatoms. The fraction of sp³-hybridized carbons (Fsp3) is 0.258. The van der Waals surface area contributed by atoms with E-state index in [0.29, 0.717) is 5.02 Å². The number of carbonyl (C=O) groups is 2. The summed E-state index contributed by atoms with van der Waals surface area (Å²) in [6, 6.07) is 14.8. The molecule has 0 spiro atoms. The van der Waals surface area contributed by atoms with Gasteiger partial charge in [0.05, 0.1) is 10.7 Å². The number of aryl methyl sites for hydroxylation is 2. The molecule has 8 nitrogen and oxygen atoms in total. The SMILES string of the molecule is C=CC(=O)Nc1cc(-c2c(-c3ccc(N4CCN(C)CC4)cc3)[nH]c3ncc(Cl)c(C)c23)ccc1C.O=C(O)C(F)(F)F. The van der Waals surface area contributed by atoms with Crippen LogP contribution in [0.15, 0.2) is 61.3 Å². The fourth-order valence-corrected chi connectivity index (χ4v) is 4.93. The number of likely N-dealkylation sites (N-methyl/N-ethyl adjacent to an activating group) is 1. The van der Waals surface area contributed by atoms with Crippen molar-refractivity contribution in [1.82, 2.24) is 14.9 Å². The first kappa shape index (κ1) is 31.6. The standard InChI is InChI=1S/C29H30ClN5O.C2HF3O2/c1-5-25(36)32-24-16-21(7-6-18(24)2)27-26-19(3)23(30)17-31-29(26)33-28(27)20-8-10-22(11-9-20)35-14-12-34(4)13-15-35;3-2(4,5)1(6)7/h5-11,16-17H,1,12-15H2,2-4H3,(H,31,33)(H,32,36);(H,6,7). The minimum atomic E-state index is -5.08. The van der Waals surface area contributed by atoms with Crippen molar-refractivity contribution < 1.29 is 27.9 Å². The summed E-state index contributed by atoms with van der Waals surface area (Å²) in [7, 11) is 2.17. The van der Waals surface area contributed by atoms with Gasteiger partial charge in [0.25, 0.3) is 0 Å². The number of nitrogens with one attached hydrogen (secondary N) is 2. The number of H-pyrrole nitrogens is 1. The third-order valence-corrected chi connectivity index (χ3v) is 7.64. The molecule has 0 aliphatic carbocycles. The van der Waals surface area contributed by atoms with E-state index in [-0.39, 0.29) is 5.91 Å². The highest BCUT2D eigenvalue weighted by molar-refractivity contribution is 6.32.